The molecule has 0 aliphatic heterocycles. The molecule has 1 aromatic carbocycles. The van der Waals surface area contributed by atoms with Gasteiger partial charge in [0.15, 0.2) is 5.96 Å². The summed E-state index contributed by atoms with van der Waals surface area (Å²) in [6, 6.07) is 6.52. The first-order chi connectivity index (χ1) is 9.67. The van der Waals surface area contributed by atoms with Crippen molar-refractivity contribution in [3.8, 4) is 0 Å². The number of ether oxygens (including phenoxy) is 1. The predicted molar refractivity (Wildman–Crippen MR) is 95.8 cm³/mol. The highest BCUT2D eigenvalue weighted by atomic mass is 127. The molecule has 120 valence electrons. The lowest BCUT2D eigenvalue weighted by Crippen LogP contribution is -2.38. The van der Waals surface area contributed by atoms with Crippen molar-refractivity contribution in [2.24, 2.45) is 4.99 Å². The average molecular weight is 409 g/mol. The van der Waals surface area contributed by atoms with Crippen molar-refractivity contribution >= 4 is 29.9 Å². The first-order valence-electron chi connectivity index (χ1n) is 6.99. The first-order valence-corrected chi connectivity index (χ1v) is 6.99. The maximum absolute atomic E-state index is 12.9. The second-order valence-corrected chi connectivity index (χ2v) is 4.42. The molecule has 0 aliphatic rings. The molecule has 1 N–H and O–H groups in total. The minimum Gasteiger partial charge on any atom is -0.380 e. The van der Waals surface area contributed by atoms with Crippen LogP contribution in [0.3, 0.4) is 0 Å². The zero-order valence-electron chi connectivity index (χ0n) is 12.9. The highest BCUT2D eigenvalue weighted by Gasteiger charge is 2.06. The molecular formula is C15H25FIN3O. The van der Waals surface area contributed by atoms with Crippen LogP contribution in [-0.4, -0.2) is 44.2 Å². The van der Waals surface area contributed by atoms with Gasteiger partial charge in [0.05, 0.1) is 13.2 Å². The third kappa shape index (κ3) is 8.21. The Morgan fingerprint density at radius 3 is 2.52 bits per heavy atom. The maximum atomic E-state index is 12.9. The fraction of sp³-hybridized carbons (Fsp3) is 0.533. The van der Waals surface area contributed by atoms with E-state index in [0.29, 0.717) is 26.3 Å². The summed E-state index contributed by atoms with van der Waals surface area (Å²) in [6.07, 6.45) is 0. The highest BCUT2D eigenvalue weighted by Crippen LogP contribution is 2.05. The number of aliphatic imine (C=N–C) groups is 1. The number of rotatable bonds is 7. The summed E-state index contributed by atoms with van der Waals surface area (Å²) in [7, 11) is 1.96. The van der Waals surface area contributed by atoms with Gasteiger partial charge < -0.3 is 15.0 Å². The van der Waals surface area contributed by atoms with Gasteiger partial charge in [0, 0.05) is 26.7 Å². The average Bonchev–Trinajstić information content (AvgIpc) is 2.44. The van der Waals surface area contributed by atoms with Crippen molar-refractivity contribution in [2.75, 3.05) is 33.4 Å². The molecule has 0 bridgehead atoms. The molecule has 0 unspecified atom stereocenters. The topological polar surface area (TPSA) is 36.9 Å². The smallest absolute Gasteiger partial charge is 0.194 e. The Balaban J connectivity index is 0.00000400. The summed E-state index contributed by atoms with van der Waals surface area (Å²) in [4.78, 5) is 6.51. The number of halogens is 2. The molecule has 0 heterocycles. The lowest BCUT2D eigenvalue weighted by molar-refractivity contribution is 0.155. The minimum absolute atomic E-state index is 0. The van der Waals surface area contributed by atoms with Gasteiger partial charge in [-0.25, -0.2) is 4.39 Å². The quantitative estimate of drug-likeness (QED) is 0.326. The van der Waals surface area contributed by atoms with Crippen LogP contribution in [0.5, 0.6) is 0 Å². The van der Waals surface area contributed by atoms with Gasteiger partial charge in [-0.15, -0.1) is 24.0 Å². The van der Waals surface area contributed by atoms with E-state index in [2.05, 4.69) is 10.3 Å². The van der Waals surface area contributed by atoms with E-state index >= 15 is 0 Å². The molecule has 1 rings (SSSR count). The highest BCUT2D eigenvalue weighted by molar-refractivity contribution is 14.0. The number of hydrogen-bond donors (Lipinski definition) is 1. The van der Waals surface area contributed by atoms with Crippen molar-refractivity contribution in [1.29, 1.82) is 0 Å². The Bertz CT molecular complexity index is 412. The van der Waals surface area contributed by atoms with Gasteiger partial charge in [0.1, 0.15) is 5.82 Å². The van der Waals surface area contributed by atoms with E-state index in [1.807, 2.05) is 25.8 Å². The van der Waals surface area contributed by atoms with E-state index in [4.69, 9.17) is 4.74 Å². The molecule has 0 aliphatic carbocycles. The molecule has 0 amide bonds. The predicted octanol–water partition coefficient (Wildman–Crippen LogP) is 2.88. The van der Waals surface area contributed by atoms with Crippen molar-refractivity contribution in [1.82, 2.24) is 10.2 Å². The molecular weight excluding hydrogens is 384 g/mol. The van der Waals surface area contributed by atoms with Gasteiger partial charge in [-0.1, -0.05) is 12.1 Å². The monoisotopic (exact) mass is 409 g/mol. The lowest BCUT2D eigenvalue weighted by atomic mass is 10.2. The molecule has 4 nitrogen and oxygen atoms in total. The summed E-state index contributed by atoms with van der Waals surface area (Å²) in [5, 5.41) is 3.24. The van der Waals surface area contributed by atoms with Crippen LogP contribution >= 0.6 is 24.0 Å². The summed E-state index contributed by atoms with van der Waals surface area (Å²) < 4.78 is 18.2. The van der Waals surface area contributed by atoms with Gasteiger partial charge in [-0.05, 0) is 31.5 Å². The molecule has 0 atom stereocenters. The fourth-order valence-electron chi connectivity index (χ4n) is 1.77. The van der Waals surface area contributed by atoms with Crippen LogP contribution in [0.25, 0.3) is 0 Å². The van der Waals surface area contributed by atoms with Gasteiger partial charge in [0.2, 0.25) is 0 Å². The number of hydrogen-bond acceptors (Lipinski definition) is 2. The fourth-order valence-corrected chi connectivity index (χ4v) is 1.77. The molecule has 0 fully saturated rings. The summed E-state index contributed by atoms with van der Waals surface area (Å²) in [6.45, 7) is 7.44. The van der Waals surface area contributed by atoms with E-state index in [1.54, 1.807) is 12.1 Å². The van der Waals surface area contributed by atoms with Crippen LogP contribution in [0, 0.1) is 5.82 Å². The van der Waals surface area contributed by atoms with E-state index < -0.39 is 0 Å². The van der Waals surface area contributed by atoms with Crippen LogP contribution in [0.4, 0.5) is 4.39 Å². The molecule has 1 aromatic rings. The van der Waals surface area contributed by atoms with Crippen LogP contribution in [0.1, 0.15) is 19.4 Å². The van der Waals surface area contributed by atoms with Gasteiger partial charge in [-0.3, -0.25) is 4.99 Å². The summed E-state index contributed by atoms with van der Waals surface area (Å²) >= 11 is 0. The summed E-state index contributed by atoms with van der Waals surface area (Å²) in [5.41, 5.74) is 1.05. The zero-order valence-corrected chi connectivity index (χ0v) is 15.3. The van der Waals surface area contributed by atoms with Gasteiger partial charge in [-0.2, -0.15) is 0 Å². The van der Waals surface area contributed by atoms with E-state index in [-0.39, 0.29) is 29.8 Å². The number of benzene rings is 1. The molecule has 0 saturated heterocycles. The molecule has 0 aromatic heterocycles. The van der Waals surface area contributed by atoms with Crippen molar-refractivity contribution in [3.63, 3.8) is 0 Å². The Kier molecular flexibility index (Phi) is 11.2. The third-order valence-corrected chi connectivity index (χ3v) is 2.73. The van der Waals surface area contributed by atoms with E-state index in [1.165, 1.54) is 12.1 Å². The Hall–Kier alpha value is -0.890. The van der Waals surface area contributed by atoms with Crippen LogP contribution in [0.2, 0.25) is 0 Å². The van der Waals surface area contributed by atoms with E-state index in [0.717, 1.165) is 18.1 Å². The standard InChI is InChI=1S/C15H24FN3O.HI/c1-4-17-15(18-10-11-20-5-2)19(3)12-13-6-8-14(16)9-7-13;/h6-9H,4-5,10-12H2,1-3H3,(H,17,18);1H. The van der Waals surface area contributed by atoms with Crippen molar-refractivity contribution in [3.05, 3.63) is 35.6 Å². The largest absolute Gasteiger partial charge is 0.380 e. The molecule has 0 radical (unpaired) electrons. The normalized spacial score (nSPS) is 11.0. The Labute approximate surface area is 143 Å². The first kappa shape index (κ1) is 20.1. The molecule has 21 heavy (non-hydrogen) atoms. The number of nitrogens with one attached hydrogen (secondary N) is 1. The van der Waals surface area contributed by atoms with Gasteiger partial charge >= 0.3 is 0 Å². The van der Waals surface area contributed by atoms with Crippen LogP contribution in [0.15, 0.2) is 29.3 Å². The SMILES string of the molecule is CCNC(=NCCOCC)N(C)Cc1ccc(F)cc1.I. The summed E-state index contributed by atoms with van der Waals surface area (Å²) in [5.74, 6) is 0.616. The molecule has 0 spiro atoms. The Morgan fingerprint density at radius 2 is 1.95 bits per heavy atom. The second-order valence-electron chi connectivity index (χ2n) is 4.42. The number of guanidine groups is 1. The third-order valence-electron chi connectivity index (χ3n) is 2.73. The zero-order chi connectivity index (χ0) is 14.8. The molecule has 0 saturated carbocycles. The van der Waals surface area contributed by atoms with Crippen LogP contribution < -0.4 is 5.32 Å². The van der Waals surface area contributed by atoms with Crippen molar-refractivity contribution < 1.29 is 9.13 Å². The number of nitrogens with zero attached hydrogens (tertiary/aromatic N) is 2. The van der Waals surface area contributed by atoms with Crippen molar-refractivity contribution in [2.45, 2.75) is 20.4 Å². The Morgan fingerprint density at radius 1 is 1.29 bits per heavy atom. The second kappa shape index (κ2) is 11.7. The van der Waals surface area contributed by atoms with Crippen LogP contribution in [-0.2, 0) is 11.3 Å². The minimum atomic E-state index is -0.214. The lowest BCUT2D eigenvalue weighted by Gasteiger charge is -2.22. The maximum Gasteiger partial charge on any atom is 0.194 e. The van der Waals surface area contributed by atoms with Gasteiger partial charge in [0.25, 0.3) is 0 Å². The molecule has 6 heteroatoms. The van der Waals surface area contributed by atoms with E-state index in [9.17, 15) is 4.39 Å².